The number of nitrogens with one attached hydrogen (secondary N) is 1. The third-order valence-electron chi connectivity index (χ3n) is 4.79. The Morgan fingerprint density at radius 1 is 1.09 bits per heavy atom. The summed E-state index contributed by atoms with van der Waals surface area (Å²) in [5.74, 6) is 0.388. The second kappa shape index (κ2) is 10.0. The molecule has 0 atom stereocenters. The van der Waals surface area contributed by atoms with Crippen molar-refractivity contribution in [2.24, 2.45) is 0 Å². The van der Waals surface area contributed by atoms with E-state index in [0.717, 1.165) is 11.8 Å². The molecule has 0 unspecified atom stereocenters. The standard InChI is InChI=1S/C25H20N4O3S/c1-2-32-22-10-6-5-9-21(22)27-23(30)16-33-25-28-20-8-4-3-7-19(20)24(31)29(25)18-13-11-17(15-26)12-14-18/h3-14H,2,16H2,1H3,(H,27,30). The van der Waals surface area contributed by atoms with Crippen LogP contribution in [0.15, 0.2) is 82.7 Å². The Morgan fingerprint density at radius 2 is 1.82 bits per heavy atom. The summed E-state index contributed by atoms with van der Waals surface area (Å²) in [6.45, 7) is 2.36. The summed E-state index contributed by atoms with van der Waals surface area (Å²) >= 11 is 1.16. The number of hydrogen-bond acceptors (Lipinski definition) is 6. The maximum atomic E-state index is 13.3. The lowest BCUT2D eigenvalue weighted by atomic mass is 10.2. The largest absolute Gasteiger partial charge is 0.492 e. The first kappa shape index (κ1) is 22.1. The molecule has 1 heterocycles. The minimum atomic E-state index is -0.249. The molecule has 33 heavy (non-hydrogen) atoms. The average molecular weight is 457 g/mol. The third-order valence-corrected chi connectivity index (χ3v) is 5.73. The number of hydrogen-bond donors (Lipinski definition) is 1. The van der Waals surface area contributed by atoms with E-state index < -0.39 is 0 Å². The smallest absolute Gasteiger partial charge is 0.266 e. The molecule has 164 valence electrons. The molecule has 1 amide bonds. The highest BCUT2D eigenvalue weighted by atomic mass is 32.2. The van der Waals surface area contributed by atoms with Gasteiger partial charge in [0.25, 0.3) is 5.56 Å². The summed E-state index contributed by atoms with van der Waals surface area (Å²) in [5, 5.41) is 12.8. The molecule has 0 saturated carbocycles. The van der Waals surface area contributed by atoms with E-state index in [9.17, 15) is 9.59 Å². The Balaban J connectivity index is 1.65. The van der Waals surface area contributed by atoms with Crippen LogP contribution in [0.3, 0.4) is 0 Å². The van der Waals surface area contributed by atoms with Crippen LogP contribution in [0.4, 0.5) is 5.69 Å². The highest BCUT2D eigenvalue weighted by Gasteiger charge is 2.15. The summed E-state index contributed by atoms with van der Waals surface area (Å²) in [6, 6.07) is 23.0. The van der Waals surface area contributed by atoms with Crippen LogP contribution in [-0.2, 0) is 4.79 Å². The Morgan fingerprint density at radius 3 is 2.58 bits per heavy atom. The summed E-state index contributed by atoms with van der Waals surface area (Å²) in [6.07, 6.45) is 0. The van der Waals surface area contributed by atoms with E-state index in [1.54, 1.807) is 54.6 Å². The maximum absolute atomic E-state index is 13.3. The quantitative estimate of drug-likeness (QED) is 0.327. The van der Waals surface area contributed by atoms with Crippen molar-refractivity contribution in [2.45, 2.75) is 12.1 Å². The molecule has 0 radical (unpaired) electrons. The van der Waals surface area contributed by atoms with Gasteiger partial charge in [-0.15, -0.1) is 0 Å². The maximum Gasteiger partial charge on any atom is 0.266 e. The summed E-state index contributed by atoms with van der Waals surface area (Å²) in [4.78, 5) is 30.6. The Hall–Kier alpha value is -4.09. The zero-order valence-corrected chi connectivity index (χ0v) is 18.6. The SMILES string of the molecule is CCOc1ccccc1NC(=O)CSc1nc2ccccc2c(=O)n1-c1ccc(C#N)cc1. The topological polar surface area (TPSA) is 97.0 Å². The van der Waals surface area contributed by atoms with Crippen molar-refractivity contribution >= 4 is 34.3 Å². The van der Waals surface area contributed by atoms with Crippen LogP contribution in [0.5, 0.6) is 5.75 Å². The van der Waals surface area contributed by atoms with Gasteiger partial charge in [-0.3, -0.25) is 14.2 Å². The summed E-state index contributed by atoms with van der Waals surface area (Å²) < 4.78 is 7.03. The minimum Gasteiger partial charge on any atom is -0.492 e. The van der Waals surface area contributed by atoms with Gasteiger partial charge in [0.05, 0.1) is 46.3 Å². The monoisotopic (exact) mass is 456 g/mol. The van der Waals surface area contributed by atoms with Crippen LogP contribution < -0.4 is 15.6 Å². The number of para-hydroxylation sites is 3. The van der Waals surface area contributed by atoms with E-state index in [4.69, 9.17) is 10.00 Å². The molecule has 1 N–H and O–H groups in total. The first-order valence-corrected chi connectivity index (χ1v) is 11.3. The van der Waals surface area contributed by atoms with Crippen molar-refractivity contribution < 1.29 is 9.53 Å². The zero-order chi connectivity index (χ0) is 23.2. The number of aromatic nitrogens is 2. The summed E-state index contributed by atoms with van der Waals surface area (Å²) in [5.41, 5.74) is 1.96. The highest BCUT2D eigenvalue weighted by molar-refractivity contribution is 7.99. The molecule has 0 bridgehead atoms. The van der Waals surface area contributed by atoms with Gasteiger partial charge in [0.15, 0.2) is 5.16 Å². The fraction of sp³-hybridized carbons (Fsp3) is 0.120. The zero-order valence-electron chi connectivity index (χ0n) is 17.8. The third kappa shape index (κ3) is 4.89. The molecule has 4 rings (SSSR count). The van der Waals surface area contributed by atoms with Gasteiger partial charge in [-0.05, 0) is 55.5 Å². The van der Waals surface area contributed by atoms with E-state index in [0.29, 0.717) is 45.4 Å². The lowest BCUT2D eigenvalue weighted by Crippen LogP contribution is -2.23. The summed E-state index contributed by atoms with van der Waals surface area (Å²) in [7, 11) is 0. The molecule has 0 spiro atoms. The molecule has 8 heteroatoms. The van der Waals surface area contributed by atoms with Gasteiger partial charge < -0.3 is 10.1 Å². The van der Waals surface area contributed by atoms with E-state index in [-0.39, 0.29) is 17.2 Å². The second-order valence-electron chi connectivity index (χ2n) is 6.98. The van der Waals surface area contributed by atoms with Crippen molar-refractivity contribution in [3.05, 3.63) is 88.7 Å². The van der Waals surface area contributed by atoms with Crippen LogP contribution >= 0.6 is 11.8 Å². The number of amides is 1. The molecule has 3 aromatic carbocycles. The molecular weight excluding hydrogens is 436 g/mol. The normalized spacial score (nSPS) is 10.5. The van der Waals surface area contributed by atoms with Crippen molar-refractivity contribution in [1.82, 2.24) is 9.55 Å². The number of thioether (sulfide) groups is 1. The molecule has 0 aliphatic carbocycles. The number of carbonyl (C=O) groups excluding carboxylic acids is 1. The Bertz CT molecular complexity index is 1410. The molecule has 4 aromatic rings. The Labute approximate surface area is 194 Å². The van der Waals surface area contributed by atoms with Crippen LogP contribution in [-0.4, -0.2) is 27.8 Å². The molecule has 0 saturated heterocycles. The number of ether oxygens (including phenoxy) is 1. The number of benzene rings is 3. The van der Waals surface area contributed by atoms with E-state index in [1.165, 1.54) is 4.57 Å². The average Bonchev–Trinajstić information content (AvgIpc) is 2.84. The second-order valence-corrected chi connectivity index (χ2v) is 7.92. The lowest BCUT2D eigenvalue weighted by Gasteiger charge is -2.14. The fourth-order valence-corrected chi connectivity index (χ4v) is 4.10. The van der Waals surface area contributed by atoms with Crippen molar-refractivity contribution in [3.63, 3.8) is 0 Å². The molecule has 0 aliphatic rings. The fourth-order valence-electron chi connectivity index (χ4n) is 3.29. The molecule has 0 fully saturated rings. The van der Waals surface area contributed by atoms with E-state index in [1.807, 2.05) is 25.1 Å². The predicted octanol–water partition coefficient (Wildman–Crippen LogP) is 4.39. The van der Waals surface area contributed by atoms with Gasteiger partial charge in [-0.25, -0.2) is 4.98 Å². The lowest BCUT2D eigenvalue weighted by molar-refractivity contribution is -0.113. The van der Waals surface area contributed by atoms with Crippen molar-refractivity contribution in [2.75, 3.05) is 17.7 Å². The molecular formula is C25H20N4O3S. The van der Waals surface area contributed by atoms with Gasteiger partial charge in [0.1, 0.15) is 5.75 Å². The number of rotatable bonds is 7. The minimum absolute atomic E-state index is 0.0432. The molecule has 1 aromatic heterocycles. The van der Waals surface area contributed by atoms with Gasteiger partial charge in [-0.1, -0.05) is 36.0 Å². The number of anilines is 1. The highest BCUT2D eigenvalue weighted by Crippen LogP contribution is 2.25. The number of nitrogens with zero attached hydrogens (tertiary/aromatic N) is 3. The number of nitriles is 1. The number of fused-ring (bicyclic) bond motifs is 1. The van der Waals surface area contributed by atoms with Gasteiger partial charge >= 0.3 is 0 Å². The molecule has 0 aliphatic heterocycles. The van der Waals surface area contributed by atoms with Crippen LogP contribution in [0.25, 0.3) is 16.6 Å². The Kier molecular flexibility index (Phi) is 6.72. The van der Waals surface area contributed by atoms with Gasteiger partial charge in [-0.2, -0.15) is 5.26 Å². The van der Waals surface area contributed by atoms with Crippen molar-refractivity contribution in [1.29, 1.82) is 5.26 Å². The van der Waals surface area contributed by atoms with Gasteiger partial charge in [0, 0.05) is 0 Å². The number of carbonyl (C=O) groups is 1. The van der Waals surface area contributed by atoms with Crippen molar-refractivity contribution in [3.8, 4) is 17.5 Å². The first-order valence-electron chi connectivity index (χ1n) is 10.3. The van der Waals surface area contributed by atoms with Crippen LogP contribution in [0, 0.1) is 11.3 Å². The van der Waals surface area contributed by atoms with Crippen LogP contribution in [0.2, 0.25) is 0 Å². The van der Waals surface area contributed by atoms with E-state index in [2.05, 4.69) is 16.4 Å². The van der Waals surface area contributed by atoms with Gasteiger partial charge in [0.2, 0.25) is 5.91 Å². The van der Waals surface area contributed by atoms with E-state index >= 15 is 0 Å². The predicted molar refractivity (Wildman–Crippen MR) is 129 cm³/mol. The molecule has 7 nitrogen and oxygen atoms in total. The first-order chi connectivity index (χ1) is 16.1. The van der Waals surface area contributed by atoms with Crippen LogP contribution in [0.1, 0.15) is 12.5 Å².